The Morgan fingerprint density at radius 1 is 1.12 bits per heavy atom. The van der Waals surface area contributed by atoms with E-state index in [1.54, 1.807) is 34.1 Å². The molecule has 2 N–H and O–H groups in total. The van der Waals surface area contributed by atoms with Crippen molar-refractivity contribution in [2.75, 3.05) is 19.6 Å². The Morgan fingerprint density at radius 2 is 1.88 bits per heavy atom. The molecule has 0 radical (unpaired) electrons. The van der Waals surface area contributed by atoms with Crippen molar-refractivity contribution in [3.05, 3.63) is 70.5 Å². The first-order valence-corrected chi connectivity index (χ1v) is 10.7. The normalized spacial score (nSPS) is 20.5. The van der Waals surface area contributed by atoms with Gasteiger partial charge in [0.05, 0.1) is 17.7 Å². The molecule has 2 aliphatic rings. The maximum atomic E-state index is 13.9. The van der Waals surface area contributed by atoms with E-state index in [4.69, 9.17) is 11.0 Å². The molecule has 0 saturated carbocycles. The smallest absolute Gasteiger partial charge is 0.253 e. The molecule has 9 heteroatoms. The summed E-state index contributed by atoms with van der Waals surface area (Å²) in [4.78, 5) is 29.2. The number of benzene rings is 2. The first-order chi connectivity index (χ1) is 15.8. The maximum absolute atomic E-state index is 13.9. The van der Waals surface area contributed by atoms with Crippen molar-refractivity contribution in [1.29, 1.82) is 5.26 Å². The minimum absolute atomic E-state index is 0.0696. The molecule has 33 heavy (non-hydrogen) atoms. The van der Waals surface area contributed by atoms with Gasteiger partial charge in [-0.15, -0.1) is 0 Å². The Labute approximate surface area is 189 Å². The van der Waals surface area contributed by atoms with Crippen molar-refractivity contribution in [1.82, 2.24) is 9.80 Å². The van der Waals surface area contributed by atoms with Crippen LogP contribution in [0.4, 0.5) is 13.2 Å². The van der Waals surface area contributed by atoms with Crippen LogP contribution in [-0.4, -0.2) is 53.3 Å². The molecule has 0 bridgehead atoms. The first-order valence-electron chi connectivity index (χ1n) is 10.7. The zero-order chi connectivity index (χ0) is 23.7. The molecule has 3 atom stereocenters. The lowest BCUT2D eigenvalue weighted by Gasteiger charge is -2.26. The Kier molecular flexibility index (Phi) is 6.38. The number of carbonyl (C=O) groups excluding carboxylic acids is 2. The predicted molar refractivity (Wildman–Crippen MR) is 113 cm³/mol. The molecule has 2 aromatic rings. The van der Waals surface area contributed by atoms with E-state index >= 15 is 0 Å². The monoisotopic (exact) mass is 456 g/mol. The SMILES string of the molecule is N#Cc1cccc(C(=O)N2C[C@@H]3CCN(C(=O)CC(N)Cc4cc(F)c(F)cc4F)[C@@H]3C2)c1. The van der Waals surface area contributed by atoms with Crippen molar-refractivity contribution < 1.29 is 22.8 Å². The van der Waals surface area contributed by atoms with Crippen molar-refractivity contribution in [3.8, 4) is 6.07 Å². The van der Waals surface area contributed by atoms with Crippen LogP contribution in [0.2, 0.25) is 0 Å². The Bertz CT molecular complexity index is 1130. The Morgan fingerprint density at radius 3 is 2.64 bits per heavy atom. The summed E-state index contributed by atoms with van der Waals surface area (Å²) in [6, 6.07) is 8.88. The van der Waals surface area contributed by atoms with Gasteiger partial charge < -0.3 is 15.5 Å². The average Bonchev–Trinajstić information content (AvgIpc) is 3.38. The van der Waals surface area contributed by atoms with Crippen LogP contribution in [-0.2, 0) is 11.2 Å². The van der Waals surface area contributed by atoms with Gasteiger partial charge in [0.15, 0.2) is 11.6 Å². The van der Waals surface area contributed by atoms with E-state index in [0.717, 1.165) is 12.5 Å². The maximum Gasteiger partial charge on any atom is 0.253 e. The molecule has 2 aromatic carbocycles. The van der Waals surface area contributed by atoms with Crippen molar-refractivity contribution in [3.63, 3.8) is 0 Å². The number of nitrogens with zero attached hydrogens (tertiary/aromatic N) is 3. The standard InChI is InChI=1S/C24H23F3N4O2/c25-19-10-21(27)20(26)8-17(19)7-18(29)9-23(32)31-5-4-16-12-30(13-22(16)31)24(33)15-3-1-2-14(6-15)11-28/h1-3,6,8,10,16,18,22H,4-5,7,9,12-13,29H2/t16-,18?,22+/m0/s1. The first kappa shape index (κ1) is 22.8. The topological polar surface area (TPSA) is 90.4 Å². The number of amides is 2. The fraction of sp³-hybridized carbons (Fsp3) is 0.375. The number of nitriles is 1. The van der Waals surface area contributed by atoms with E-state index in [1.807, 2.05) is 6.07 Å². The molecule has 2 saturated heterocycles. The molecule has 2 amide bonds. The fourth-order valence-corrected chi connectivity index (χ4v) is 4.76. The van der Waals surface area contributed by atoms with E-state index in [9.17, 15) is 22.8 Å². The Balaban J connectivity index is 1.37. The van der Waals surface area contributed by atoms with Gasteiger partial charge in [-0.2, -0.15) is 5.26 Å². The quantitative estimate of drug-likeness (QED) is 0.701. The summed E-state index contributed by atoms with van der Waals surface area (Å²) in [5.41, 5.74) is 6.79. The minimum atomic E-state index is -1.27. The molecule has 0 spiro atoms. The summed E-state index contributed by atoms with van der Waals surface area (Å²) in [7, 11) is 0. The number of halogens is 3. The van der Waals surface area contributed by atoms with Crippen LogP contribution in [0.25, 0.3) is 0 Å². The number of likely N-dealkylation sites (tertiary alicyclic amines) is 2. The van der Waals surface area contributed by atoms with E-state index in [2.05, 4.69) is 0 Å². The second kappa shape index (κ2) is 9.24. The number of fused-ring (bicyclic) bond motifs is 1. The zero-order valence-corrected chi connectivity index (χ0v) is 17.8. The van der Waals surface area contributed by atoms with Crippen LogP contribution in [0, 0.1) is 34.7 Å². The summed E-state index contributed by atoms with van der Waals surface area (Å²) in [6.07, 6.45) is 0.585. The average molecular weight is 456 g/mol. The third-order valence-corrected chi connectivity index (χ3v) is 6.40. The summed E-state index contributed by atoms with van der Waals surface area (Å²) in [5.74, 6) is -3.58. The van der Waals surface area contributed by atoms with Crippen LogP contribution in [0.3, 0.4) is 0 Å². The lowest BCUT2D eigenvalue weighted by atomic mass is 10.0. The molecule has 4 rings (SSSR count). The molecule has 2 heterocycles. The molecule has 0 aliphatic carbocycles. The Hall–Kier alpha value is -3.38. The lowest BCUT2D eigenvalue weighted by molar-refractivity contribution is -0.132. The van der Waals surface area contributed by atoms with Crippen LogP contribution < -0.4 is 5.73 Å². The second-order valence-electron chi connectivity index (χ2n) is 8.63. The fourth-order valence-electron chi connectivity index (χ4n) is 4.76. The largest absolute Gasteiger partial charge is 0.338 e. The van der Waals surface area contributed by atoms with Crippen molar-refractivity contribution in [2.45, 2.75) is 31.3 Å². The third-order valence-electron chi connectivity index (χ3n) is 6.40. The molecule has 2 fully saturated rings. The number of carbonyl (C=O) groups is 2. The van der Waals surface area contributed by atoms with Crippen molar-refractivity contribution >= 4 is 11.8 Å². The van der Waals surface area contributed by atoms with Gasteiger partial charge in [-0.25, -0.2) is 13.2 Å². The highest BCUT2D eigenvalue weighted by atomic mass is 19.2. The summed E-state index contributed by atoms with van der Waals surface area (Å²) in [5, 5.41) is 9.06. The van der Waals surface area contributed by atoms with Gasteiger partial charge >= 0.3 is 0 Å². The van der Waals surface area contributed by atoms with Gasteiger partial charge in [-0.05, 0) is 42.7 Å². The van der Waals surface area contributed by atoms with E-state index in [0.29, 0.717) is 36.8 Å². The van der Waals surface area contributed by atoms with E-state index in [1.165, 1.54) is 0 Å². The summed E-state index contributed by atoms with van der Waals surface area (Å²) < 4.78 is 40.4. The molecule has 1 unspecified atom stereocenters. The number of hydrogen-bond acceptors (Lipinski definition) is 4. The number of nitrogens with two attached hydrogens (primary N) is 1. The van der Waals surface area contributed by atoms with Gasteiger partial charge in [-0.3, -0.25) is 9.59 Å². The molecule has 0 aromatic heterocycles. The van der Waals surface area contributed by atoms with Crippen LogP contribution in [0.5, 0.6) is 0 Å². The van der Waals surface area contributed by atoms with Gasteiger partial charge in [-0.1, -0.05) is 6.07 Å². The van der Waals surface area contributed by atoms with Crippen LogP contribution in [0.15, 0.2) is 36.4 Å². The van der Waals surface area contributed by atoms with E-state index in [-0.39, 0.29) is 42.2 Å². The van der Waals surface area contributed by atoms with Gasteiger partial charge in [0, 0.05) is 49.6 Å². The van der Waals surface area contributed by atoms with Gasteiger partial charge in [0.2, 0.25) is 5.91 Å². The van der Waals surface area contributed by atoms with Crippen LogP contribution in [0.1, 0.15) is 34.3 Å². The van der Waals surface area contributed by atoms with E-state index < -0.39 is 23.5 Å². The summed E-state index contributed by atoms with van der Waals surface area (Å²) >= 11 is 0. The predicted octanol–water partition coefficient (Wildman–Crippen LogP) is 2.61. The number of rotatable bonds is 5. The third kappa shape index (κ3) is 4.71. The van der Waals surface area contributed by atoms with Crippen molar-refractivity contribution in [2.24, 2.45) is 11.7 Å². The second-order valence-corrected chi connectivity index (χ2v) is 8.63. The zero-order valence-electron chi connectivity index (χ0n) is 17.8. The molecule has 2 aliphatic heterocycles. The number of hydrogen-bond donors (Lipinski definition) is 1. The summed E-state index contributed by atoms with van der Waals surface area (Å²) in [6.45, 7) is 1.46. The molecular formula is C24H23F3N4O2. The lowest BCUT2D eigenvalue weighted by Crippen LogP contribution is -2.43. The molecule has 172 valence electrons. The molecular weight excluding hydrogens is 433 g/mol. The van der Waals surface area contributed by atoms with Crippen LogP contribution >= 0.6 is 0 Å². The van der Waals surface area contributed by atoms with Gasteiger partial charge in [0.1, 0.15) is 5.82 Å². The highest BCUT2D eigenvalue weighted by Crippen LogP contribution is 2.33. The highest BCUT2D eigenvalue weighted by molar-refractivity contribution is 5.95. The molecule has 6 nitrogen and oxygen atoms in total. The minimum Gasteiger partial charge on any atom is -0.338 e. The van der Waals surface area contributed by atoms with Gasteiger partial charge in [0.25, 0.3) is 5.91 Å². The highest BCUT2D eigenvalue weighted by Gasteiger charge is 2.44.